The number of nitrogen functional groups attached to an aromatic ring is 1. The Balaban J connectivity index is 2.17. The van der Waals surface area contributed by atoms with E-state index < -0.39 is 0 Å². The molecule has 0 spiro atoms. The Hall–Kier alpha value is -1.23. The summed E-state index contributed by atoms with van der Waals surface area (Å²) in [4.78, 5) is 14.0. The zero-order chi connectivity index (χ0) is 15.6. The number of anilines is 1. The van der Waals surface area contributed by atoms with Gasteiger partial charge in [-0.25, -0.2) is 0 Å². The van der Waals surface area contributed by atoms with Crippen molar-refractivity contribution in [2.24, 2.45) is 0 Å². The van der Waals surface area contributed by atoms with Gasteiger partial charge in [-0.15, -0.1) is 0 Å². The van der Waals surface area contributed by atoms with E-state index in [9.17, 15) is 4.79 Å². The highest BCUT2D eigenvalue weighted by Gasteiger charge is 2.13. The Labute approximate surface area is 141 Å². The van der Waals surface area contributed by atoms with E-state index in [0.29, 0.717) is 27.8 Å². The second kappa shape index (κ2) is 6.69. The Bertz CT molecular complexity index is 671. The van der Waals surface area contributed by atoms with Gasteiger partial charge in [-0.2, -0.15) is 0 Å². The predicted molar refractivity (Wildman–Crippen MR) is 90.8 cm³/mol. The summed E-state index contributed by atoms with van der Waals surface area (Å²) in [6.07, 6.45) is 0. The Morgan fingerprint density at radius 3 is 2.38 bits per heavy atom. The predicted octanol–water partition coefficient (Wildman–Crippen LogP) is 4.61. The summed E-state index contributed by atoms with van der Waals surface area (Å²) in [5.41, 5.74) is 7.73. The van der Waals surface area contributed by atoms with E-state index in [-0.39, 0.29) is 5.91 Å². The van der Waals surface area contributed by atoms with Crippen molar-refractivity contribution >= 4 is 50.7 Å². The van der Waals surface area contributed by atoms with Crippen LogP contribution in [0.4, 0.5) is 5.69 Å². The third-order valence-corrected chi connectivity index (χ3v) is 4.09. The molecule has 0 fully saturated rings. The van der Waals surface area contributed by atoms with E-state index in [1.807, 2.05) is 0 Å². The van der Waals surface area contributed by atoms with Gasteiger partial charge in [0.05, 0.1) is 0 Å². The highest BCUT2D eigenvalue weighted by atomic mass is 79.9. The number of nitrogens with zero attached hydrogens (tertiary/aromatic N) is 1. The van der Waals surface area contributed by atoms with Gasteiger partial charge in [-0.3, -0.25) is 4.79 Å². The number of nitrogens with two attached hydrogens (primary N) is 1. The molecule has 0 aliphatic heterocycles. The minimum atomic E-state index is -0.120. The van der Waals surface area contributed by atoms with Crippen molar-refractivity contribution in [2.45, 2.75) is 6.54 Å². The summed E-state index contributed by atoms with van der Waals surface area (Å²) in [7, 11) is 1.72. The first-order valence-electron chi connectivity index (χ1n) is 6.12. The van der Waals surface area contributed by atoms with Crippen LogP contribution in [0.25, 0.3) is 0 Å². The number of hydrogen-bond donors (Lipinski definition) is 1. The zero-order valence-corrected chi connectivity index (χ0v) is 14.3. The van der Waals surface area contributed by atoms with E-state index >= 15 is 0 Å². The van der Waals surface area contributed by atoms with Crippen LogP contribution in [0.1, 0.15) is 15.9 Å². The molecule has 0 heterocycles. The molecule has 0 unspecified atom stereocenters. The molecule has 0 saturated carbocycles. The fourth-order valence-electron chi connectivity index (χ4n) is 1.95. The molecule has 110 valence electrons. The van der Waals surface area contributed by atoms with Gasteiger partial charge in [-0.1, -0.05) is 23.2 Å². The lowest BCUT2D eigenvalue weighted by atomic mass is 10.1. The summed E-state index contributed by atoms with van der Waals surface area (Å²) in [5.74, 6) is -0.120. The fraction of sp³-hybridized carbons (Fsp3) is 0.133. The van der Waals surface area contributed by atoms with Crippen LogP contribution in [0.15, 0.2) is 40.9 Å². The average molecular weight is 388 g/mol. The molecule has 21 heavy (non-hydrogen) atoms. The van der Waals surface area contributed by atoms with Crippen molar-refractivity contribution in [1.29, 1.82) is 0 Å². The summed E-state index contributed by atoms with van der Waals surface area (Å²) in [5, 5.41) is 1.09. The second-order valence-corrected chi connectivity index (χ2v) is 6.40. The summed E-state index contributed by atoms with van der Waals surface area (Å²) >= 11 is 15.2. The smallest absolute Gasteiger partial charge is 0.253 e. The van der Waals surface area contributed by atoms with Crippen molar-refractivity contribution in [3.05, 3.63) is 62.0 Å². The molecule has 1 amide bonds. The Kier molecular flexibility index (Phi) is 5.14. The quantitative estimate of drug-likeness (QED) is 0.781. The van der Waals surface area contributed by atoms with Crippen LogP contribution < -0.4 is 5.73 Å². The first-order chi connectivity index (χ1) is 9.86. The molecule has 2 aromatic carbocycles. The molecule has 0 radical (unpaired) electrons. The molecule has 2 rings (SSSR count). The Morgan fingerprint density at radius 2 is 1.81 bits per heavy atom. The minimum Gasteiger partial charge on any atom is -0.398 e. The third kappa shape index (κ3) is 4.13. The van der Waals surface area contributed by atoms with Crippen LogP contribution in [0.3, 0.4) is 0 Å². The van der Waals surface area contributed by atoms with Crippen LogP contribution in [-0.4, -0.2) is 17.9 Å². The standard InChI is InChI=1S/C15H13BrCl2N2O/c1-20(8-9-4-11(17)7-12(18)5-9)15(21)10-2-3-13(16)14(19)6-10/h2-7H,8,19H2,1H3. The van der Waals surface area contributed by atoms with Crippen LogP contribution in [-0.2, 0) is 6.54 Å². The highest BCUT2D eigenvalue weighted by molar-refractivity contribution is 9.10. The zero-order valence-electron chi connectivity index (χ0n) is 11.2. The molecule has 0 atom stereocenters. The van der Waals surface area contributed by atoms with Crippen LogP contribution in [0.5, 0.6) is 0 Å². The number of hydrogen-bond acceptors (Lipinski definition) is 2. The number of amides is 1. The maximum atomic E-state index is 12.4. The van der Waals surface area contributed by atoms with Gasteiger partial charge in [0.2, 0.25) is 0 Å². The first-order valence-corrected chi connectivity index (χ1v) is 7.67. The number of benzene rings is 2. The normalized spacial score (nSPS) is 10.5. The average Bonchev–Trinajstić information content (AvgIpc) is 2.39. The molecule has 0 aliphatic carbocycles. The largest absolute Gasteiger partial charge is 0.398 e. The van der Waals surface area contributed by atoms with Gasteiger partial charge in [0.15, 0.2) is 0 Å². The van der Waals surface area contributed by atoms with Crippen molar-refractivity contribution in [2.75, 3.05) is 12.8 Å². The lowest BCUT2D eigenvalue weighted by Crippen LogP contribution is -2.26. The van der Waals surface area contributed by atoms with E-state index in [4.69, 9.17) is 28.9 Å². The summed E-state index contributed by atoms with van der Waals surface area (Å²) in [6, 6.07) is 10.4. The van der Waals surface area contributed by atoms with Crippen molar-refractivity contribution in [3.8, 4) is 0 Å². The van der Waals surface area contributed by atoms with Gasteiger partial charge in [-0.05, 0) is 57.9 Å². The molecule has 2 aromatic rings. The van der Waals surface area contributed by atoms with E-state index in [1.54, 1.807) is 48.3 Å². The topological polar surface area (TPSA) is 46.3 Å². The number of carbonyl (C=O) groups excluding carboxylic acids is 1. The summed E-state index contributed by atoms with van der Waals surface area (Å²) < 4.78 is 0.767. The summed E-state index contributed by atoms with van der Waals surface area (Å²) in [6.45, 7) is 0.412. The molecular weight excluding hydrogens is 375 g/mol. The van der Waals surface area contributed by atoms with Crippen molar-refractivity contribution in [3.63, 3.8) is 0 Å². The van der Waals surface area contributed by atoms with Gasteiger partial charge >= 0.3 is 0 Å². The van der Waals surface area contributed by atoms with Crippen molar-refractivity contribution < 1.29 is 4.79 Å². The maximum absolute atomic E-state index is 12.4. The molecule has 3 nitrogen and oxygen atoms in total. The number of halogens is 3. The maximum Gasteiger partial charge on any atom is 0.253 e. The van der Waals surface area contributed by atoms with E-state index in [2.05, 4.69) is 15.9 Å². The number of carbonyl (C=O) groups is 1. The van der Waals surface area contributed by atoms with E-state index in [0.717, 1.165) is 10.0 Å². The minimum absolute atomic E-state index is 0.120. The third-order valence-electron chi connectivity index (χ3n) is 2.93. The van der Waals surface area contributed by atoms with Gasteiger partial charge in [0, 0.05) is 39.4 Å². The number of rotatable bonds is 3. The van der Waals surface area contributed by atoms with Crippen LogP contribution in [0, 0.1) is 0 Å². The monoisotopic (exact) mass is 386 g/mol. The fourth-order valence-corrected chi connectivity index (χ4v) is 2.76. The lowest BCUT2D eigenvalue weighted by Gasteiger charge is -2.18. The molecular formula is C15H13BrCl2N2O. The van der Waals surface area contributed by atoms with Crippen molar-refractivity contribution in [1.82, 2.24) is 4.90 Å². The van der Waals surface area contributed by atoms with Gasteiger partial charge in [0.25, 0.3) is 5.91 Å². The second-order valence-electron chi connectivity index (χ2n) is 4.68. The Morgan fingerprint density at radius 1 is 1.19 bits per heavy atom. The van der Waals surface area contributed by atoms with Gasteiger partial charge in [0.1, 0.15) is 0 Å². The lowest BCUT2D eigenvalue weighted by molar-refractivity contribution is 0.0785. The highest BCUT2D eigenvalue weighted by Crippen LogP contribution is 2.23. The van der Waals surface area contributed by atoms with Crippen LogP contribution in [0.2, 0.25) is 10.0 Å². The van der Waals surface area contributed by atoms with E-state index in [1.165, 1.54) is 0 Å². The van der Waals surface area contributed by atoms with Gasteiger partial charge < -0.3 is 10.6 Å². The SMILES string of the molecule is CN(Cc1cc(Cl)cc(Cl)c1)C(=O)c1ccc(Br)c(N)c1. The first kappa shape index (κ1) is 16.1. The molecule has 0 aliphatic rings. The molecule has 0 bridgehead atoms. The molecule has 0 saturated heterocycles. The molecule has 0 aromatic heterocycles. The molecule has 6 heteroatoms. The molecule has 2 N–H and O–H groups in total. The van der Waals surface area contributed by atoms with Crippen LogP contribution >= 0.6 is 39.1 Å².